The summed E-state index contributed by atoms with van der Waals surface area (Å²) < 4.78 is 18.9. The molecule has 0 unspecified atom stereocenters. The average Bonchev–Trinajstić information content (AvgIpc) is 2.66. The summed E-state index contributed by atoms with van der Waals surface area (Å²) in [5.74, 6) is -0.309. The summed E-state index contributed by atoms with van der Waals surface area (Å²) >= 11 is 0. The van der Waals surface area contributed by atoms with Crippen LogP contribution in [-0.4, -0.2) is 25.5 Å². The molecule has 2 atom stereocenters. The topological polar surface area (TPSA) is 46.6 Å². The summed E-state index contributed by atoms with van der Waals surface area (Å²) in [6.07, 6.45) is 1.57. The highest BCUT2D eigenvalue weighted by Crippen LogP contribution is 2.34. The molecule has 1 amide bonds. The number of rotatable bonds is 5. The number of aryl methyl sites for hydroxylation is 2. The Hall–Kier alpha value is -2.69. The summed E-state index contributed by atoms with van der Waals surface area (Å²) in [6.45, 7) is 6.43. The molecule has 0 aromatic heterocycles. The van der Waals surface area contributed by atoms with Crippen LogP contribution in [0.4, 0.5) is 10.1 Å². The molecule has 0 aliphatic carbocycles. The minimum absolute atomic E-state index is 0.0988. The van der Waals surface area contributed by atoms with Gasteiger partial charge >= 0.3 is 5.97 Å². The fraction of sp³-hybridized carbons (Fsp3) is 0.417. The number of carbonyl (C=O) groups is 2. The Morgan fingerprint density at radius 3 is 2.48 bits per heavy atom. The maximum Gasteiger partial charge on any atom is 0.309 e. The minimum Gasteiger partial charge on any atom is -0.469 e. The number of hydrogen-bond acceptors (Lipinski definition) is 3. The van der Waals surface area contributed by atoms with Gasteiger partial charge in [-0.05, 0) is 60.9 Å². The number of methoxy groups -OCH3 is 1. The van der Waals surface area contributed by atoms with E-state index in [0.717, 1.165) is 28.8 Å². The lowest BCUT2D eigenvalue weighted by Crippen LogP contribution is -2.46. The largest absolute Gasteiger partial charge is 0.469 e. The number of nitrogens with zero attached hydrogens (tertiary/aromatic N) is 1. The first-order valence-electron chi connectivity index (χ1n) is 10.0. The third kappa shape index (κ3) is 4.66. The van der Waals surface area contributed by atoms with Gasteiger partial charge in [0.15, 0.2) is 0 Å². The molecule has 1 saturated heterocycles. The number of piperidine rings is 1. The standard InChI is InChI=1S/C24H28FNO3/c1-15-9-18(13-22(27)29-4)10-16(2)23(15)26-14-19(11-17(3)24(26)28)12-20-7-5-6-8-21(20)25/h5-10,17,19H,11-14H2,1-4H3/t17-,19-/m1/s1. The van der Waals surface area contributed by atoms with E-state index in [9.17, 15) is 14.0 Å². The second-order valence-electron chi connectivity index (χ2n) is 8.08. The highest BCUT2D eigenvalue weighted by atomic mass is 19.1. The maximum absolute atomic E-state index is 14.1. The molecule has 5 heteroatoms. The second kappa shape index (κ2) is 8.76. The Morgan fingerprint density at radius 1 is 1.21 bits per heavy atom. The van der Waals surface area contributed by atoms with Crippen molar-refractivity contribution in [2.24, 2.45) is 11.8 Å². The van der Waals surface area contributed by atoms with Crippen molar-refractivity contribution in [1.82, 2.24) is 0 Å². The molecule has 1 aliphatic heterocycles. The van der Waals surface area contributed by atoms with Gasteiger partial charge in [0, 0.05) is 18.2 Å². The molecule has 2 aromatic carbocycles. The van der Waals surface area contributed by atoms with Crippen molar-refractivity contribution < 1.29 is 18.7 Å². The molecule has 3 rings (SSSR count). The van der Waals surface area contributed by atoms with Gasteiger partial charge in [-0.1, -0.05) is 37.3 Å². The number of esters is 1. The average molecular weight is 397 g/mol. The van der Waals surface area contributed by atoms with Gasteiger partial charge in [0.05, 0.1) is 13.5 Å². The summed E-state index contributed by atoms with van der Waals surface area (Å²) in [5.41, 5.74) is 4.37. The predicted molar refractivity (Wildman–Crippen MR) is 111 cm³/mol. The van der Waals surface area contributed by atoms with Gasteiger partial charge in [0.2, 0.25) is 5.91 Å². The third-order valence-electron chi connectivity index (χ3n) is 5.68. The Balaban J connectivity index is 1.87. The number of carbonyl (C=O) groups excluding carboxylic acids is 2. The van der Waals surface area contributed by atoms with E-state index >= 15 is 0 Å². The normalized spacial score (nSPS) is 19.3. The fourth-order valence-electron chi connectivity index (χ4n) is 4.43. The SMILES string of the molecule is COC(=O)Cc1cc(C)c(N2C[C@@H](Cc3ccccc3F)C[C@@H](C)C2=O)c(C)c1. The summed E-state index contributed by atoms with van der Waals surface area (Å²) in [5, 5.41) is 0. The number of benzene rings is 2. The predicted octanol–water partition coefficient (Wildman–Crippen LogP) is 4.39. The monoisotopic (exact) mass is 397 g/mol. The zero-order valence-electron chi connectivity index (χ0n) is 17.5. The number of ether oxygens (including phenoxy) is 1. The van der Waals surface area contributed by atoms with Crippen molar-refractivity contribution in [3.05, 3.63) is 64.5 Å². The van der Waals surface area contributed by atoms with Crippen LogP contribution < -0.4 is 4.90 Å². The molecule has 0 radical (unpaired) electrons. The van der Waals surface area contributed by atoms with Crippen molar-refractivity contribution in [2.45, 2.75) is 40.0 Å². The zero-order valence-corrected chi connectivity index (χ0v) is 17.5. The lowest BCUT2D eigenvalue weighted by atomic mass is 9.84. The van der Waals surface area contributed by atoms with Crippen molar-refractivity contribution in [1.29, 1.82) is 0 Å². The molecule has 1 heterocycles. The van der Waals surface area contributed by atoms with Gasteiger partial charge in [-0.2, -0.15) is 0 Å². The fourth-order valence-corrected chi connectivity index (χ4v) is 4.43. The number of amides is 1. The number of anilines is 1. The van der Waals surface area contributed by atoms with Crippen LogP contribution in [0.25, 0.3) is 0 Å². The van der Waals surface area contributed by atoms with Crippen LogP contribution in [0.5, 0.6) is 0 Å². The third-order valence-corrected chi connectivity index (χ3v) is 5.68. The van der Waals surface area contributed by atoms with Crippen molar-refractivity contribution in [3.63, 3.8) is 0 Å². The Bertz CT molecular complexity index is 901. The van der Waals surface area contributed by atoms with Gasteiger partial charge in [-0.3, -0.25) is 9.59 Å². The molecule has 154 valence electrons. The molecular weight excluding hydrogens is 369 g/mol. The van der Waals surface area contributed by atoms with E-state index in [1.165, 1.54) is 13.2 Å². The van der Waals surface area contributed by atoms with E-state index in [-0.39, 0.29) is 36.0 Å². The number of halogens is 1. The van der Waals surface area contributed by atoms with Crippen LogP contribution in [0.15, 0.2) is 36.4 Å². The maximum atomic E-state index is 14.1. The van der Waals surface area contributed by atoms with Crippen LogP contribution >= 0.6 is 0 Å². The van der Waals surface area contributed by atoms with Crippen LogP contribution in [0.2, 0.25) is 0 Å². The van der Waals surface area contributed by atoms with Crippen LogP contribution in [0.3, 0.4) is 0 Å². The lowest BCUT2D eigenvalue weighted by molar-refractivity contribution is -0.139. The van der Waals surface area contributed by atoms with Crippen LogP contribution in [0, 0.1) is 31.5 Å². The first kappa shape index (κ1) is 21.0. The molecular formula is C24H28FNO3. The van der Waals surface area contributed by atoms with Gasteiger partial charge < -0.3 is 9.64 Å². The van der Waals surface area contributed by atoms with Gasteiger partial charge in [-0.25, -0.2) is 4.39 Å². The Labute approximate surface area is 171 Å². The molecule has 4 nitrogen and oxygen atoms in total. The molecule has 0 N–H and O–H groups in total. The van der Waals surface area contributed by atoms with Gasteiger partial charge in [-0.15, -0.1) is 0 Å². The summed E-state index contributed by atoms with van der Waals surface area (Å²) in [6, 6.07) is 10.7. The number of hydrogen-bond donors (Lipinski definition) is 0. The summed E-state index contributed by atoms with van der Waals surface area (Å²) in [4.78, 5) is 26.4. The van der Waals surface area contributed by atoms with Crippen molar-refractivity contribution in [3.8, 4) is 0 Å². The zero-order chi connectivity index (χ0) is 21.1. The van der Waals surface area contributed by atoms with E-state index in [2.05, 4.69) is 0 Å². The quantitative estimate of drug-likeness (QED) is 0.703. The van der Waals surface area contributed by atoms with E-state index in [1.807, 2.05) is 49.9 Å². The Morgan fingerprint density at radius 2 is 1.86 bits per heavy atom. The summed E-state index contributed by atoms with van der Waals surface area (Å²) in [7, 11) is 1.37. The van der Waals surface area contributed by atoms with Gasteiger partial charge in [0.25, 0.3) is 0 Å². The molecule has 29 heavy (non-hydrogen) atoms. The van der Waals surface area contributed by atoms with Crippen molar-refractivity contribution >= 4 is 17.6 Å². The first-order chi connectivity index (χ1) is 13.8. The molecule has 0 saturated carbocycles. The second-order valence-corrected chi connectivity index (χ2v) is 8.08. The molecule has 2 aromatic rings. The van der Waals surface area contributed by atoms with E-state index in [1.54, 1.807) is 6.07 Å². The van der Waals surface area contributed by atoms with Crippen molar-refractivity contribution in [2.75, 3.05) is 18.6 Å². The highest BCUT2D eigenvalue weighted by molar-refractivity contribution is 5.97. The van der Waals surface area contributed by atoms with E-state index in [0.29, 0.717) is 18.5 Å². The molecule has 1 fully saturated rings. The highest BCUT2D eigenvalue weighted by Gasteiger charge is 2.34. The molecule has 1 aliphatic rings. The smallest absolute Gasteiger partial charge is 0.309 e. The molecule has 0 bridgehead atoms. The molecule has 0 spiro atoms. The van der Waals surface area contributed by atoms with E-state index < -0.39 is 0 Å². The van der Waals surface area contributed by atoms with Gasteiger partial charge in [0.1, 0.15) is 5.82 Å². The van der Waals surface area contributed by atoms with E-state index in [4.69, 9.17) is 4.74 Å². The lowest BCUT2D eigenvalue weighted by Gasteiger charge is -2.38. The van der Waals surface area contributed by atoms with Crippen LogP contribution in [-0.2, 0) is 27.2 Å². The first-order valence-corrected chi connectivity index (χ1v) is 10.0. The Kier molecular flexibility index (Phi) is 6.36. The van der Waals surface area contributed by atoms with Crippen LogP contribution in [0.1, 0.15) is 35.6 Å². The minimum atomic E-state index is -0.288.